The molecule has 7 atom stereocenters. The van der Waals surface area contributed by atoms with Gasteiger partial charge in [-0.15, -0.1) is 0 Å². The first-order chi connectivity index (χ1) is 16.8. The molecule has 4 saturated carbocycles. The normalized spacial score (nSPS) is 42.3. The van der Waals surface area contributed by atoms with Gasteiger partial charge < -0.3 is 9.47 Å². The van der Waals surface area contributed by atoms with Gasteiger partial charge in [-0.25, -0.2) is 13.1 Å². The molecule has 0 aromatic rings. The molecule has 0 radical (unpaired) electrons. The van der Waals surface area contributed by atoms with Gasteiger partial charge in [0.1, 0.15) is 12.2 Å². The number of ether oxygens (including phenoxy) is 2. The lowest BCUT2D eigenvalue weighted by atomic mass is 9.65. The van der Waals surface area contributed by atoms with Crippen LogP contribution in [0.5, 0.6) is 0 Å². The maximum atomic E-state index is 13.1. The summed E-state index contributed by atoms with van der Waals surface area (Å²) in [5.74, 6) is 1.00. The summed E-state index contributed by atoms with van der Waals surface area (Å²) in [7, 11) is -3.36. The monoisotopic (exact) mass is 509 g/mol. The van der Waals surface area contributed by atoms with Crippen LogP contribution < -0.4 is 4.72 Å². The Balaban J connectivity index is 1.12. The average molecular weight is 510 g/mol. The summed E-state index contributed by atoms with van der Waals surface area (Å²) in [4.78, 5) is 25.6. The lowest BCUT2D eigenvalue weighted by molar-refractivity contribution is -0.187. The van der Waals surface area contributed by atoms with E-state index in [2.05, 4.69) is 11.6 Å². The third-order valence-electron chi connectivity index (χ3n) is 9.76. The van der Waals surface area contributed by atoms with Crippen LogP contribution >= 0.6 is 0 Å². The van der Waals surface area contributed by atoms with Crippen molar-refractivity contribution >= 4 is 22.0 Å². The van der Waals surface area contributed by atoms with Gasteiger partial charge in [0.25, 0.3) is 0 Å². The van der Waals surface area contributed by atoms with Crippen molar-refractivity contribution < 1.29 is 27.5 Å². The Labute approximate surface area is 210 Å². The largest absolute Gasteiger partial charge is 0.462 e. The highest BCUT2D eigenvalue weighted by Gasteiger charge is 2.49. The predicted octanol–water partition coefficient (Wildman–Crippen LogP) is 4.49. The van der Waals surface area contributed by atoms with Crippen molar-refractivity contribution in [3.8, 4) is 0 Å². The number of carbonyl (C=O) groups is 2. The second kappa shape index (κ2) is 10.7. The Morgan fingerprint density at radius 2 is 1.66 bits per heavy atom. The minimum absolute atomic E-state index is 0.0437. The first-order valence-electron chi connectivity index (χ1n) is 14.2. The molecule has 5 aliphatic rings. The van der Waals surface area contributed by atoms with E-state index in [1.54, 1.807) is 0 Å². The van der Waals surface area contributed by atoms with Crippen LogP contribution in [0, 0.1) is 29.6 Å². The van der Waals surface area contributed by atoms with E-state index in [1.807, 2.05) is 0 Å². The van der Waals surface area contributed by atoms with Crippen molar-refractivity contribution in [2.75, 3.05) is 0 Å². The zero-order chi connectivity index (χ0) is 24.6. The molecule has 0 aromatic carbocycles. The number of sulfonamides is 1. The number of hydrogen-bond donors (Lipinski definition) is 1. The molecule has 198 valence electrons. The van der Waals surface area contributed by atoms with Crippen molar-refractivity contribution in [1.29, 1.82) is 0 Å². The average Bonchev–Trinajstić information content (AvgIpc) is 2.84. The number of rotatable bonds is 5. The fourth-order valence-corrected chi connectivity index (χ4v) is 9.45. The van der Waals surface area contributed by atoms with Gasteiger partial charge in [-0.3, -0.25) is 9.59 Å². The SMILES string of the molecule is CC1CCC(S(=O)(=O)NC2CCCC(C(=O)OC3CCC4C(C3)OC(=O)C3CCCCC34)C2)CC1. The molecule has 1 heterocycles. The molecule has 5 fully saturated rings. The molecule has 1 N–H and O–H groups in total. The maximum absolute atomic E-state index is 13.1. The summed E-state index contributed by atoms with van der Waals surface area (Å²) in [6, 6.07) is -0.191. The van der Waals surface area contributed by atoms with Crippen LogP contribution in [0.2, 0.25) is 0 Å². The van der Waals surface area contributed by atoms with Gasteiger partial charge in [0, 0.05) is 12.5 Å². The van der Waals surface area contributed by atoms with Crippen LogP contribution in [0.15, 0.2) is 0 Å². The quantitative estimate of drug-likeness (QED) is 0.549. The minimum atomic E-state index is -3.36. The van der Waals surface area contributed by atoms with Gasteiger partial charge in [0.05, 0.1) is 17.1 Å². The molecule has 35 heavy (non-hydrogen) atoms. The predicted molar refractivity (Wildman–Crippen MR) is 132 cm³/mol. The van der Waals surface area contributed by atoms with Crippen LogP contribution in [0.4, 0.5) is 0 Å². The molecule has 0 spiro atoms. The third kappa shape index (κ3) is 5.73. The zero-order valence-electron chi connectivity index (χ0n) is 21.2. The summed E-state index contributed by atoms with van der Waals surface area (Å²) >= 11 is 0. The minimum Gasteiger partial charge on any atom is -0.462 e. The summed E-state index contributed by atoms with van der Waals surface area (Å²) in [6.45, 7) is 2.19. The van der Waals surface area contributed by atoms with E-state index < -0.39 is 10.0 Å². The molecule has 4 aliphatic carbocycles. The topological polar surface area (TPSA) is 98.8 Å². The van der Waals surface area contributed by atoms with E-state index in [-0.39, 0.29) is 47.3 Å². The number of hydrogen-bond acceptors (Lipinski definition) is 6. The highest BCUT2D eigenvalue weighted by Crippen LogP contribution is 2.47. The van der Waals surface area contributed by atoms with Crippen molar-refractivity contribution in [3.63, 3.8) is 0 Å². The maximum Gasteiger partial charge on any atom is 0.309 e. The molecule has 7 unspecified atom stereocenters. The Hall–Kier alpha value is -1.15. The van der Waals surface area contributed by atoms with Gasteiger partial charge >= 0.3 is 11.9 Å². The highest BCUT2D eigenvalue weighted by atomic mass is 32.2. The van der Waals surface area contributed by atoms with Crippen molar-refractivity contribution in [1.82, 2.24) is 4.72 Å². The van der Waals surface area contributed by atoms with E-state index in [4.69, 9.17) is 9.47 Å². The molecule has 0 bridgehead atoms. The van der Waals surface area contributed by atoms with Gasteiger partial charge in [0.15, 0.2) is 0 Å². The van der Waals surface area contributed by atoms with Crippen LogP contribution in [0.1, 0.15) is 103 Å². The van der Waals surface area contributed by atoms with Crippen molar-refractivity contribution in [2.24, 2.45) is 29.6 Å². The summed E-state index contributed by atoms with van der Waals surface area (Å²) in [5.41, 5.74) is 0. The van der Waals surface area contributed by atoms with Crippen LogP contribution in [0.25, 0.3) is 0 Å². The smallest absolute Gasteiger partial charge is 0.309 e. The first-order valence-corrected chi connectivity index (χ1v) is 15.8. The molecule has 5 rings (SSSR count). The van der Waals surface area contributed by atoms with Crippen molar-refractivity contribution in [3.05, 3.63) is 0 Å². The Morgan fingerprint density at radius 1 is 0.886 bits per heavy atom. The summed E-state index contributed by atoms with van der Waals surface area (Å²) < 4.78 is 40.6. The van der Waals surface area contributed by atoms with E-state index in [0.29, 0.717) is 30.6 Å². The number of carbonyl (C=O) groups excluding carboxylic acids is 2. The molecule has 0 amide bonds. The first kappa shape index (κ1) is 25.5. The lowest BCUT2D eigenvalue weighted by Gasteiger charge is -2.47. The van der Waals surface area contributed by atoms with Gasteiger partial charge in [-0.1, -0.05) is 26.2 Å². The van der Waals surface area contributed by atoms with E-state index in [1.165, 1.54) is 6.42 Å². The molecule has 1 aliphatic heterocycles. The van der Waals surface area contributed by atoms with Gasteiger partial charge in [-0.2, -0.15) is 0 Å². The second-order valence-corrected chi connectivity index (χ2v) is 14.2. The van der Waals surface area contributed by atoms with E-state index >= 15 is 0 Å². The number of esters is 2. The fraction of sp³-hybridized carbons (Fsp3) is 0.926. The Kier molecular flexibility index (Phi) is 7.78. The van der Waals surface area contributed by atoms with Crippen LogP contribution in [0.3, 0.4) is 0 Å². The lowest BCUT2D eigenvalue weighted by Crippen LogP contribution is -2.50. The van der Waals surface area contributed by atoms with Crippen LogP contribution in [-0.2, 0) is 29.1 Å². The molecule has 0 aromatic heterocycles. The molecular weight excluding hydrogens is 466 g/mol. The Morgan fingerprint density at radius 3 is 2.46 bits per heavy atom. The molecule has 7 nitrogen and oxygen atoms in total. The number of fused-ring (bicyclic) bond motifs is 3. The second-order valence-electron chi connectivity index (χ2n) is 12.2. The zero-order valence-corrected chi connectivity index (χ0v) is 22.0. The summed E-state index contributed by atoms with van der Waals surface area (Å²) in [5, 5.41) is -0.303. The van der Waals surface area contributed by atoms with Crippen molar-refractivity contribution in [2.45, 2.75) is 127 Å². The van der Waals surface area contributed by atoms with Gasteiger partial charge in [-0.05, 0) is 88.4 Å². The Bertz CT molecular complexity index is 882. The fourth-order valence-electron chi connectivity index (χ4n) is 7.69. The molecule has 8 heteroatoms. The molecular formula is C27H43NO6S. The van der Waals surface area contributed by atoms with Gasteiger partial charge in [0.2, 0.25) is 10.0 Å². The third-order valence-corrected chi connectivity index (χ3v) is 11.8. The van der Waals surface area contributed by atoms with E-state index in [9.17, 15) is 18.0 Å². The standard InChI is InChI=1S/C27H43NO6S/c1-17-9-12-21(13-10-17)35(31,32)28-19-6-4-5-18(15-19)26(29)33-20-11-14-23-22-7-2-3-8-24(22)27(30)34-25(23)16-20/h17-25,28H,2-16H2,1H3. The van der Waals surface area contributed by atoms with E-state index in [0.717, 1.165) is 77.0 Å². The molecule has 1 saturated heterocycles. The highest BCUT2D eigenvalue weighted by molar-refractivity contribution is 7.90. The summed E-state index contributed by atoms with van der Waals surface area (Å²) in [6.07, 6.45) is 12.7. The number of nitrogens with one attached hydrogen (secondary N) is 1. The van der Waals surface area contributed by atoms with Crippen LogP contribution in [-0.4, -0.2) is 43.9 Å².